The van der Waals surface area contributed by atoms with Gasteiger partial charge in [-0.25, -0.2) is 13.6 Å². The molecule has 0 spiro atoms. The molecule has 1 amide bonds. The van der Waals surface area contributed by atoms with Gasteiger partial charge in [-0.05, 0) is 36.4 Å². The normalized spacial score (nSPS) is 11.3. The standard InChI is InChI=1S/C17H15N3O5S/c1-24-14-4-2-3-10-9-13(16(18)25-15(10)14)17(21)20-11-5-7-12(8-6-11)26(19,22)23/h2-9,18H,1H3,(H,20,21)(H2,19,22,23). The Labute approximate surface area is 148 Å². The number of carbonyl (C=O) groups excluding carboxylic acids is 1. The molecule has 0 saturated heterocycles. The lowest BCUT2D eigenvalue weighted by atomic mass is 10.1. The lowest BCUT2D eigenvalue weighted by Crippen LogP contribution is -2.21. The summed E-state index contributed by atoms with van der Waals surface area (Å²) in [4.78, 5) is 12.4. The second kappa shape index (κ2) is 6.62. The first-order valence-corrected chi connectivity index (χ1v) is 8.94. The third-order valence-electron chi connectivity index (χ3n) is 3.66. The fraction of sp³-hybridized carbons (Fsp3) is 0.0588. The van der Waals surface area contributed by atoms with Crippen LogP contribution in [0.3, 0.4) is 0 Å². The molecular weight excluding hydrogens is 358 g/mol. The van der Waals surface area contributed by atoms with Gasteiger partial charge in [0.25, 0.3) is 5.91 Å². The number of amides is 1. The minimum Gasteiger partial charge on any atom is -0.493 e. The van der Waals surface area contributed by atoms with Gasteiger partial charge in [-0.15, -0.1) is 0 Å². The van der Waals surface area contributed by atoms with Crippen molar-refractivity contribution in [1.29, 1.82) is 5.41 Å². The summed E-state index contributed by atoms with van der Waals surface area (Å²) in [7, 11) is -2.32. The van der Waals surface area contributed by atoms with E-state index in [1.807, 2.05) is 0 Å². The highest BCUT2D eigenvalue weighted by Crippen LogP contribution is 2.24. The molecule has 1 heterocycles. The fourth-order valence-corrected chi connectivity index (χ4v) is 2.90. The molecule has 3 aromatic rings. The number of carbonyl (C=O) groups is 1. The van der Waals surface area contributed by atoms with Crippen molar-refractivity contribution in [2.75, 3.05) is 12.4 Å². The molecule has 0 aliphatic heterocycles. The van der Waals surface area contributed by atoms with Gasteiger partial charge in [-0.3, -0.25) is 10.2 Å². The van der Waals surface area contributed by atoms with Gasteiger partial charge >= 0.3 is 0 Å². The van der Waals surface area contributed by atoms with Gasteiger partial charge < -0.3 is 14.5 Å². The van der Waals surface area contributed by atoms with Gasteiger partial charge in [0.2, 0.25) is 15.6 Å². The minimum atomic E-state index is -3.81. The smallest absolute Gasteiger partial charge is 0.261 e. The van der Waals surface area contributed by atoms with Crippen molar-refractivity contribution in [2.24, 2.45) is 5.14 Å². The van der Waals surface area contributed by atoms with Crippen LogP contribution in [0.1, 0.15) is 10.4 Å². The highest BCUT2D eigenvalue weighted by molar-refractivity contribution is 7.89. The van der Waals surface area contributed by atoms with Crippen LogP contribution in [-0.4, -0.2) is 21.4 Å². The van der Waals surface area contributed by atoms with Gasteiger partial charge in [-0.2, -0.15) is 0 Å². The summed E-state index contributed by atoms with van der Waals surface area (Å²) in [5.41, 5.74) is 0.434. The Morgan fingerprint density at radius 2 is 1.88 bits per heavy atom. The molecule has 0 radical (unpaired) electrons. The topological polar surface area (TPSA) is 135 Å². The van der Waals surface area contributed by atoms with Crippen LogP contribution >= 0.6 is 0 Å². The van der Waals surface area contributed by atoms with Crippen molar-refractivity contribution >= 4 is 32.6 Å². The number of benzene rings is 2. The number of sulfonamides is 1. The van der Waals surface area contributed by atoms with Crippen molar-refractivity contribution in [3.63, 3.8) is 0 Å². The Morgan fingerprint density at radius 3 is 2.50 bits per heavy atom. The van der Waals surface area contributed by atoms with Crippen LogP contribution in [-0.2, 0) is 10.0 Å². The average molecular weight is 373 g/mol. The number of primary sulfonamides is 1. The first-order chi connectivity index (χ1) is 12.3. The predicted molar refractivity (Wildman–Crippen MR) is 94.4 cm³/mol. The number of rotatable bonds is 4. The minimum absolute atomic E-state index is 0.0290. The van der Waals surface area contributed by atoms with E-state index >= 15 is 0 Å². The van der Waals surface area contributed by atoms with Gasteiger partial charge in [0, 0.05) is 11.1 Å². The van der Waals surface area contributed by atoms with E-state index < -0.39 is 15.9 Å². The van der Waals surface area contributed by atoms with Crippen molar-refractivity contribution in [1.82, 2.24) is 0 Å². The summed E-state index contributed by atoms with van der Waals surface area (Å²) in [6.07, 6.45) is 0. The number of methoxy groups -OCH3 is 1. The molecule has 3 rings (SSSR count). The number of anilines is 1. The Bertz CT molecular complexity index is 1150. The van der Waals surface area contributed by atoms with Gasteiger partial charge in [-0.1, -0.05) is 12.1 Å². The molecule has 0 aliphatic rings. The van der Waals surface area contributed by atoms with E-state index in [2.05, 4.69) is 5.32 Å². The SMILES string of the molecule is COc1cccc2cc(C(=O)Nc3ccc(S(N)(=O)=O)cc3)c(=N)oc12. The average Bonchev–Trinajstić information content (AvgIpc) is 2.60. The van der Waals surface area contributed by atoms with Gasteiger partial charge in [0.1, 0.15) is 5.56 Å². The summed E-state index contributed by atoms with van der Waals surface area (Å²) in [5.74, 6) is -0.103. The van der Waals surface area contributed by atoms with Crippen LogP contribution in [0.15, 0.2) is 57.8 Å². The monoisotopic (exact) mass is 373 g/mol. The Kier molecular flexibility index (Phi) is 4.49. The van der Waals surface area contributed by atoms with Gasteiger partial charge in [0.05, 0.1) is 12.0 Å². The molecule has 2 aromatic carbocycles. The maximum absolute atomic E-state index is 12.4. The van der Waals surface area contributed by atoms with Gasteiger partial charge in [0.15, 0.2) is 11.3 Å². The van der Waals surface area contributed by atoms with E-state index in [1.165, 1.54) is 37.4 Å². The second-order valence-electron chi connectivity index (χ2n) is 5.39. The third-order valence-corrected chi connectivity index (χ3v) is 4.59. The van der Waals surface area contributed by atoms with E-state index in [4.69, 9.17) is 19.7 Å². The van der Waals surface area contributed by atoms with Crippen LogP contribution in [0.4, 0.5) is 5.69 Å². The summed E-state index contributed by atoms with van der Waals surface area (Å²) < 4.78 is 33.1. The first-order valence-electron chi connectivity index (χ1n) is 7.39. The molecule has 0 fully saturated rings. The van der Waals surface area contributed by atoms with Crippen molar-refractivity contribution in [2.45, 2.75) is 4.90 Å². The third kappa shape index (κ3) is 3.44. The second-order valence-corrected chi connectivity index (χ2v) is 6.95. The maximum atomic E-state index is 12.4. The van der Waals surface area contributed by atoms with E-state index in [0.717, 1.165) is 0 Å². The number of nitrogens with one attached hydrogen (secondary N) is 2. The lowest BCUT2D eigenvalue weighted by Gasteiger charge is -2.08. The molecule has 1 aromatic heterocycles. The largest absolute Gasteiger partial charge is 0.493 e. The fourth-order valence-electron chi connectivity index (χ4n) is 2.39. The zero-order valence-corrected chi connectivity index (χ0v) is 14.5. The van der Waals surface area contributed by atoms with E-state index in [1.54, 1.807) is 18.2 Å². The molecule has 0 aliphatic carbocycles. The Morgan fingerprint density at radius 1 is 1.19 bits per heavy atom. The number of fused-ring (bicyclic) bond motifs is 1. The molecule has 0 bridgehead atoms. The molecule has 0 unspecified atom stereocenters. The van der Waals surface area contributed by atoms with E-state index in [0.29, 0.717) is 22.4 Å². The number of hydrogen-bond acceptors (Lipinski definition) is 6. The highest BCUT2D eigenvalue weighted by atomic mass is 32.2. The van der Waals surface area contributed by atoms with Crippen molar-refractivity contribution < 1.29 is 22.4 Å². The van der Waals surface area contributed by atoms with Crippen LogP contribution in [0.2, 0.25) is 0 Å². The van der Waals surface area contributed by atoms with E-state index in [-0.39, 0.29) is 16.0 Å². The Hall–Kier alpha value is -3.17. The van der Waals surface area contributed by atoms with Crippen molar-refractivity contribution in [3.05, 3.63) is 59.6 Å². The van der Waals surface area contributed by atoms with Crippen LogP contribution < -0.4 is 20.7 Å². The first kappa shape index (κ1) is 17.6. The molecule has 0 atom stereocenters. The lowest BCUT2D eigenvalue weighted by molar-refractivity contribution is 0.102. The van der Waals surface area contributed by atoms with E-state index in [9.17, 15) is 13.2 Å². The molecule has 26 heavy (non-hydrogen) atoms. The number of para-hydroxylation sites is 1. The molecule has 0 saturated carbocycles. The molecule has 9 heteroatoms. The summed E-state index contributed by atoms with van der Waals surface area (Å²) in [6.45, 7) is 0. The number of hydrogen-bond donors (Lipinski definition) is 3. The molecular formula is C17H15N3O5S. The summed E-state index contributed by atoms with van der Waals surface area (Å²) >= 11 is 0. The highest BCUT2D eigenvalue weighted by Gasteiger charge is 2.14. The zero-order valence-electron chi connectivity index (χ0n) is 13.6. The summed E-state index contributed by atoms with van der Waals surface area (Å²) in [5, 5.41) is 16.2. The Balaban J connectivity index is 1.93. The molecule has 8 nitrogen and oxygen atoms in total. The quantitative estimate of drug-likeness (QED) is 0.641. The van der Waals surface area contributed by atoms with Crippen molar-refractivity contribution in [3.8, 4) is 5.75 Å². The van der Waals surface area contributed by atoms with Crippen LogP contribution in [0.5, 0.6) is 5.75 Å². The van der Waals surface area contributed by atoms with Crippen LogP contribution in [0.25, 0.3) is 11.0 Å². The maximum Gasteiger partial charge on any atom is 0.261 e. The zero-order chi connectivity index (χ0) is 18.9. The van der Waals surface area contributed by atoms with Crippen LogP contribution in [0, 0.1) is 5.41 Å². The number of ether oxygens (including phenoxy) is 1. The molecule has 4 N–H and O–H groups in total. The molecule has 134 valence electrons. The number of nitrogens with two attached hydrogens (primary N) is 1. The summed E-state index contributed by atoms with van der Waals surface area (Å²) in [6, 6.07) is 12.1. The predicted octanol–water partition coefficient (Wildman–Crippen LogP) is 1.82.